The number of aryl methyl sites for hydroxylation is 1. The molecule has 0 fully saturated rings. The van der Waals surface area contributed by atoms with Crippen molar-refractivity contribution in [3.63, 3.8) is 0 Å². The Hall–Kier alpha value is -1.23. The number of nitro benzene ring substituents is 1. The zero-order chi connectivity index (χ0) is 10.7. The number of nitrogen functional groups attached to an aromatic ring is 1. The number of thioether (sulfide) groups is 1. The van der Waals surface area contributed by atoms with Crippen LogP contribution in [0.4, 0.5) is 11.4 Å². The van der Waals surface area contributed by atoms with Crippen LogP contribution in [0.3, 0.4) is 0 Å². The van der Waals surface area contributed by atoms with Crippen molar-refractivity contribution in [3.05, 3.63) is 33.4 Å². The van der Waals surface area contributed by atoms with Crippen LogP contribution in [0, 0.1) is 17.0 Å². The first kappa shape index (κ1) is 10.8. The van der Waals surface area contributed by atoms with Crippen molar-refractivity contribution in [2.24, 2.45) is 0 Å². The molecule has 0 aliphatic carbocycles. The standard InChI is InChI=1S/C9H12N2O2S/c1-6-3-8(11(12)13)4-7(5-14-2)9(6)10/h3-4H,5,10H2,1-2H3. The van der Waals surface area contributed by atoms with Crippen LogP contribution >= 0.6 is 11.8 Å². The summed E-state index contributed by atoms with van der Waals surface area (Å²) in [5, 5.41) is 10.6. The number of rotatable bonds is 3. The maximum Gasteiger partial charge on any atom is 0.270 e. The second-order valence-electron chi connectivity index (χ2n) is 3.03. The number of anilines is 1. The first-order valence-electron chi connectivity index (χ1n) is 4.08. The highest BCUT2D eigenvalue weighted by molar-refractivity contribution is 7.97. The molecule has 5 heteroatoms. The molecule has 0 bridgehead atoms. The van der Waals surface area contributed by atoms with Crippen molar-refractivity contribution in [2.75, 3.05) is 12.0 Å². The number of hydrogen-bond donors (Lipinski definition) is 1. The normalized spacial score (nSPS) is 10.1. The Balaban J connectivity index is 3.20. The zero-order valence-corrected chi connectivity index (χ0v) is 8.93. The lowest BCUT2D eigenvalue weighted by Crippen LogP contribution is -1.99. The van der Waals surface area contributed by atoms with Gasteiger partial charge < -0.3 is 5.73 Å². The van der Waals surface area contributed by atoms with Gasteiger partial charge in [-0.1, -0.05) is 0 Å². The molecule has 1 aromatic carbocycles. The molecular weight excluding hydrogens is 200 g/mol. The van der Waals surface area contributed by atoms with Gasteiger partial charge in [-0.05, 0) is 24.3 Å². The molecule has 14 heavy (non-hydrogen) atoms. The Labute approximate surface area is 86.6 Å². The third kappa shape index (κ3) is 2.17. The van der Waals surface area contributed by atoms with Gasteiger partial charge in [0.25, 0.3) is 5.69 Å². The highest BCUT2D eigenvalue weighted by Crippen LogP contribution is 2.26. The second-order valence-corrected chi connectivity index (χ2v) is 3.89. The van der Waals surface area contributed by atoms with Crippen molar-refractivity contribution < 1.29 is 4.92 Å². The van der Waals surface area contributed by atoms with Gasteiger partial charge in [0, 0.05) is 23.6 Å². The van der Waals surface area contributed by atoms with Crippen LogP contribution in [0.1, 0.15) is 11.1 Å². The summed E-state index contributed by atoms with van der Waals surface area (Å²) in [6.45, 7) is 1.78. The van der Waals surface area contributed by atoms with E-state index in [-0.39, 0.29) is 5.69 Å². The monoisotopic (exact) mass is 212 g/mol. The SMILES string of the molecule is CSCc1cc([N+](=O)[O-])cc(C)c1N. The minimum atomic E-state index is -0.393. The summed E-state index contributed by atoms with van der Waals surface area (Å²) < 4.78 is 0. The van der Waals surface area contributed by atoms with Gasteiger partial charge in [0.1, 0.15) is 0 Å². The summed E-state index contributed by atoms with van der Waals surface area (Å²) in [6, 6.07) is 3.04. The topological polar surface area (TPSA) is 69.2 Å². The van der Waals surface area contributed by atoms with E-state index in [1.807, 2.05) is 6.26 Å². The lowest BCUT2D eigenvalue weighted by molar-refractivity contribution is -0.384. The lowest BCUT2D eigenvalue weighted by atomic mass is 10.1. The van der Waals surface area contributed by atoms with Gasteiger partial charge in [-0.2, -0.15) is 11.8 Å². The highest BCUT2D eigenvalue weighted by Gasteiger charge is 2.11. The summed E-state index contributed by atoms with van der Waals surface area (Å²) >= 11 is 1.60. The summed E-state index contributed by atoms with van der Waals surface area (Å²) in [4.78, 5) is 10.2. The smallest absolute Gasteiger partial charge is 0.270 e. The average molecular weight is 212 g/mol. The fourth-order valence-electron chi connectivity index (χ4n) is 1.23. The van der Waals surface area contributed by atoms with Crippen LogP contribution in [0.2, 0.25) is 0 Å². The fraction of sp³-hybridized carbons (Fsp3) is 0.333. The summed E-state index contributed by atoms with van der Waals surface area (Å²) in [5.41, 5.74) is 8.18. The summed E-state index contributed by atoms with van der Waals surface area (Å²) in [7, 11) is 0. The zero-order valence-electron chi connectivity index (χ0n) is 8.11. The van der Waals surface area contributed by atoms with Gasteiger partial charge in [0.05, 0.1) is 4.92 Å². The number of benzene rings is 1. The molecule has 1 aromatic rings. The van der Waals surface area contributed by atoms with E-state index in [1.54, 1.807) is 24.8 Å². The third-order valence-electron chi connectivity index (χ3n) is 1.97. The molecule has 0 unspecified atom stereocenters. The van der Waals surface area contributed by atoms with Crippen LogP contribution in [-0.2, 0) is 5.75 Å². The van der Waals surface area contributed by atoms with Gasteiger partial charge in [0.15, 0.2) is 0 Å². The van der Waals surface area contributed by atoms with Gasteiger partial charge >= 0.3 is 0 Å². The first-order chi connectivity index (χ1) is 6.56. The minimum Gasteiger partial charge on any atom is -0.398 e. The molecule has 0 aliphatic heterocycles. The lowest BCUT2D eigenvalue weighted by Gasteiger charge is -2.06. The molecule has 0 heterocycles. The van der Waals surface area contributed by atoms with Crippen molar-refractivity contribution >= 4 is 23.1 Å². The number of nitrogens with zero attached hydrogens (tertiary/aromatic N) is 1. The van der Waals surface area contributed by atoms with E-state index in [2.05, 4.69) is 0 Å². The van der Waals surface area contributed by atoms with Gasteiger partial charge in [0.2, 0.25) is 0 Å². The summed E-state index contributed by atoms with van der Waals surface area (Å²) in [5.74, 6) is 0.703. The summed E-state index contributed by atoms with van der Waals surface area (Å²) in [6.07, 6.45) is 1.94. The van der Waals surface area contributed by atoms with E-state index in [0.717, 1.165) is 11.1 Å². The maximum atomic E-state index is 10.6. The first-order valence-corrected chi connectivity index (χ1v) is 5.48. The molecule has 0 saturated heterocycles. The Morgan fingerprint density at radius 1 is 1.57 bits per heavy atom. The van der Waals surface area contributed by atoms with Gasteiger partial charge in [-0.15, -0.1) is 0 Å². The van der Waals surface area contributed by atoms with Crippen LogP contribution in [0.5, 0.6) is 0 Å². The predicted molar refractivity (Wildman–Crippen MR) is 59.5 cm³/mol. The molecule has 0 aliphatic rings. The van der Waals surface area contributed by atoms with Crippen molar-refractivity contribution in [2.45, 2.75) is 12.7 Å². The molecule has 1 rings (SSSR count). The van der Waals surface area contributed by atoms with Crippen molar-refractivity contribution in [1.82, 2.24) is 0 Å². The molecule has 0 amide bonds. The Kier molecular flexibility index (Phi) is 3.35. The number of nitro groups is 1. The number of hydrogen-bond acceptors (Lipinski definition) is 4. The molecule has 76 valence electrons. The molecule has 2 N–H and O–H groups in total. The minimum absolute atomic E-state index is 0.112. The highest BCUT2D eigenvalue weighted by atomic mass is 32.2. The largest absolute Gasteiger partial charge is 0.398 e. The molecule has 0 spiro atoms. The van der Waals surface area contributed by atoms with Crippen LogP contribution in [0.25, 0.3) is 0 Å². The molecular formula is C9H12N2O2S. The Morgan fingerprint density at radius 3 is 2.71 bits per heavy atom. The van der Waals surface area contributed by atoms with Crippen LogP contribution in [-0.4, -0.2) is 11.2 Å². The van der Waals surface area contributed by atoms with Crippen LogP contribution < -0.4 is 5.73 Å². The second kappa shape index (κ2) is 4.32. The molecule has 4 nitrogen and oxygen atoms in total. The van der Waals surface area contributed by atoms with E-state index in [0.29, 0.717) is 11.4 Å². The third-order valence-corrected chi connectivity index (χ3v) is 2.57. The average Bonchev–Trinajstić information content (AvgIpc) is 2.12. The fourth-order valence-corrected chi connectivity index (χ4v) is 1.78. The van der Waals surface area contributed by atoms with E-state index < -0.39 is 4.92 Å². The van der Waals surface area contributed by atoms with Crippen molar-refractivity contribution in [1.29, 1.82) is 0 Å². The van der Waals surface area contributed by atoms with Gasteiger partial charge in [-0.3, -0.25) is 10.1 Å². The van der Waals surface area contributed by atoms with E-state index in [9.17, 15) is 10.1 Å². The van der Waals surface area contributed by atoms with E-state index in [4.69, 9.17) is 5.73 Å². The maximum absolute atomic E-state index is 10.6. The van der Waals surface area contributed by atoms with Crippen molar-refractivity contribution in [3.8, 4) is 0 Å². The van der Waals surface area contributed by atoms with Gasteiger partial charge in [-0.25, -0.2) is 0 Å². The van der Waals surface area contributed by atoms with Crippen LogP contribution in [0.15, 0.2) is 12.1 Å². The Bertz CT molecular complexity index is 366. The number of non-ortho nitro benzene ring substituents is 1. The van der Waals surface area contributed by atoms with E-state index >= 15 is 0 Å². The molecule has 0 atom stereocenters. The number of nitrogens with two attached hydrogens (primary N) is 1. The predicted octanol–water partition coefficient (Wildman–Crippen LogP) is 2.35. The molecule has 0 saturated carbocycles. The Morgan fingerprint density at radius 2 is 2.21 bits per heavy atom. The molecule has 0 radical (unpaired) electrons. The molecule has 0 aromatic heterocycles. The van der Waals surface area contributed by atoms with E-state index in [1.165, 1.54) is 6.07 Å². The quantitative estimate of drug-likeness (QED) is 0.474.